The summed E-state index contributed by atoms with van der Waals surface area (Å²) in [5.41, 5.74) is 5.86. The molecule has 1 amide bonds. The maximum atomic E-state index is 13.0. The number of carbonyl (C=O) groups is 1. The van der Waals surface area contributed by atoms with Crippen LogP contribution in [0.15, 0.2) is 24.3 Å². The van der Waals surface area contributed by atoms with Crippen molar-refractivity contribution in [2.45, 2.75) is 13.0 Å². The fraction of sp³-hybridized carbons (Fsp3) is 0.182. The number of rotatable bonds is 3. The van der Waals surface area contributed by atoms with Gasteiger partial charge in [-0.2, -0.15) is 0 Å². The summed E-state index contributed by atoms with van der Waals surface area (Å²) in [7, 11) is 0. The number of halogens is 1. The van der Waals surface area contributed by atoms with Gasteiger partial charge in [0.2, 0.25) is 5.13 Å². The number of aromatic nitrogens is 2. The maximum absolute atomic E-state index is 13.0. The second-order valence-corrected chi connectivity index (χ2v) is 4.71. The van der Waals surface area contributed by atoms with Crippen LogP contribution < -0.4 is 11.1 Å². The minimum absolute atomic E-state index is 0.229. The molecule has 2 rings (SSSR count). The van der Waals surface area contributed by atoms with Crippen molar-refractivity contribution >= 4 is 22.4 Å². The van der Waals surface area contributed by atoms with Gasteiger partial charge in [-0.15, -0.1) is 10.2 Å². The molecule has 94 valence electrons. The van der Waals surface area contributed by atoms with Crippen molar-refractivity contribution in [1.82, 2.24) is 10.2 Å². The van der Waals surface area contributed by atoms with Gasteiger partial charge in [-0.05, 0) is 25.1 Å². The Morgan fingerprint density at radius 2 is 2.28 bits per heavy atom. The molecule has 1 aromatic carbocycles. The summed E-state index contributed by atoms with van der Waals surface area (Å²) in [6.07, 6.45) is 0. The van der Waals surface area contributed by atoms with E-state index >= 15 is 0 Å². The van der Waals surface area contributed by atoms with E-state index < -0.39 is 11.7 Å². The zero-order chi connectivity index (χ0) is 13.1. The standard InChI is InChI=1S/C11H11FN4OS/c1-6(13)10-15-16-11(18-10)14-9(17)7-3-2-4-8(12)5-7/h2-6H,13H2,1H3,(H,14,16,17). The van der Waals surface area contributed by atoms with Crippen LogP contribution in [0, 0.1) is 5.82 Å². The largest absolute Gasteiger partial charge is 0.322 e. The molecule has 1 aromatic heterocycles. The fourth-order valence-electron chi connectivity index (χ4n) is 1.27. The lowest BCUT2D eigenvalue weighted by molar-refractivity contribution is 0.102. The van der Waals surface area contributed by atoms with Gasteiger partial charge >= 0.3 is 0 Å². The summed E-state index contributed by atoms with van der Waals surface area (Å²) in [5.74, 6) is -0.891. The van der Waals surface area contributed by atoms with E-state index in [4.69, 9.17) is 5.73 Å². The van der Waals surface area contributed by atoms with Crippen LogP contribution in [-0.2, 0) is 0 Å². The van der Waals surface area contributed by atoms with Gasteiger partial charge in [-0.3, -0.25) is 10.1 Å². The smallest absolute Gasteiger partial charge is 0.257 e. The Labute approximate surface area is 107 Å². The highest BCUT2D eigenvalue weighted by Crippen LogP contribution is 2.20. The molecule has 1 heterocycles. The van der Waals surface area contributed by atoms with Gasteiger partial charge in [0.15, 0.2) is 0 Å². The van der Waals surface area contributed by atoms with Gasteiger partial charge in [-0.25, -0.2) is 4.39 Å². The zero-order valence-electron chi connectivity index (χ0n) is 9.55. The number of anilines is 1. The number of nitrogens with one attached hydrogen (secondary N) is 1. The number of nitrogens with zero attached hydrogens (tertiary/aromatic N) is 2. The van der Waals surface area contributed by atoms with Crippen molar-refractivity contribution in [3.05, 3.63) is 40.7 Å². The highest BCUT2D eigenvalue weighted by Gasteiger charge is 2.12. The van der Waals surface area contributed by atoms with Crippen molar-refractivity contribution in [1.29, 1.82) is 0 Å². The monoisotopic (exact) mass is 266 g/mol. The second-order valence-electron chi connectivity index (χ2n) is 3.70. The molecule has 0 saturated heterocycles. The SMILES string of the molecule is CC(N)c1nnc(NC(=O)c2cccc(F)c2)s1. The molecule has 0 aliphatic rings. The molecule has 0 radical (unpaired) electrons. The van der Waals surface area contributed by atoms with E-state index in [9.17, 15) is 9.18 Å². The Morgan fingerprint density at radius 3 is 2.89 bits per heavy atom. The number of carbonyl (C=O) groups excluding carboxylic acids is 1. The third-order valence-corrected chi connectivity index (χ3v) is 3.18. The Hall–Kier alpha value is -1.86. The summed E-state index contributed by atoms with van der Waals surface area (Å²) in [6.45, 7) is 1.78. The summed E-state index contributed by atoms with van der Waals surface area (Å²) in [4.78, 5) is 11.8. The van der Waals surface area contributed by atoms with Crippen LogP contribution in [0.4, 0.5) is 9.52 Å². The van der Waals surface area contributed by atoms with Crippen LogP contribution in [0.3, 0.4) is 0 Å². The van der Waals surface area contributed by atoms with Gasteiger partial charge in [0, 0.05) is 5.56 Å². The molecule has 5 nitrogen and oxygen atoms in total. The van der Waals surface area contributed by atoms with Crippen molar-refractivity contribution in [2.75, 3.05) is 5.32 Å². The predicted molar refractivity (Wildman–Crippen MR) is 66.9 cm³/mol. The summed E-state index contributed by atoms with van der Waals surface area (Å²) >= 11 is 1.20. The van der Waals surface area contributed by atoms with Gasteiger partial charge in [0.25, 0.3) is 5.91 Å². The molecule has 1 unspecified atom stereocenters. The molecule has 3 N–H and O–H groups in total. The molecule has 0 bridgehead atoms. The van der Waals surface area contributed by atoms with Crippen LogP contribution in [-0.4, -0.2) is 16.1 Å². The first-order chi connectivity index (χ1) is 8.56. The highest BCUT2D eigenvalue weighted by atomic mass is 32.1. The molecule has 1 atom stereocenters. The maximum Gasteiger partial charge on any atom is 0.257 e. The average Bonchev–Trinajstić information content (AvgIpc) is 2.77. The van der Waals surface area contributed by atoms with Crippen molar-refractivity contribution < 1.29 is 9.18 Å². The number of amides is 1. The molecule has 0 spiro atoms. The molecular formula is C11H11FN4OS. The van der Waals surface area contributed by atoms with E-state index in [1.54, 1.807) is 6.92 Å². The summed E-state index contributed by atoms with van der Waals surface area (Å²) < 4.78 is 13.0. The summed E-state index contributed by atoms with van der Waals surface area (Å²) in [6, 6.07) is 5.19. The molecule has 7 heteroatoms. The number of nitrogens with two attached hydrogens (primary N) is 1. The average molecular weight is 266 g/mol. The van der Waals surface area contributed by atoms with Gasteiger partial charge < -0.3 is 5.73 Å². The van der Waals surface area contributed by atoms with E-state index in [1.807, 2.05) is 0 Å². The number of hydrogen-bond donors (Lipinski definition) is 2. The first-order valence-electron chi connectivity index (χ1n) is 5.22. The molecule has 0 saturated carbocycles. The van der Waals surface area contributed by atoms with Crippen molar-refractivity contribution in [2.24, 2.45) is 5.73 Å². The van der Waals surface area contributed by atoms with E-state index in [2.05, 4.69) is 15.5 Å². The van der Waals surface area contributed by atoms with Crippen LogP contribution >= 0.6 is 11.3 Å². The van der Waals surface area contributed by atoms with Crippen LogP contribution in [0.1, 0.15) is 28.3 Å². The van der Waals surface area contributed by atoms with Crippen LogP contribution in [0.5, 0.6) is 0 Å². The number of benzene rings is 1. The minimum atomic E-state index is -0.462. The van der Waals surface area contributed by atoms with E-state index in [0.29, 0.717) is 10.1 Å². The Kier molecular flexibility index (Phi) is 3.63. The van der Waals surface area contributed by atoms with Gasteiger partial charge in [0.05, 0.1) is 6.04 Å². The Balaban J connectivity index is 2.11. The predicted octanol–water partition coefficient (Wildman–Crippen LogP) is 1.95. The molecule has 0 fully saturated rings. The zero-order valence-corrected chi connectivity index (χ0v) is 10.4. The lowest BCUT2D eigenvalue weighted by atomic mass is 10.2. The summed E-state index contributed by atoms with van der Waals surface area (Å²) in [5, 5.41) is 11.1. The minimum Gasteiger partial charge on any atom is -0.322 e. The lowest BCUT2D eigenvalue weighted by Gasteiger charge is -2.00. The first kappa shape index (κ1) is 12.6. The molecular weight excluding hydrogens is 255 g/mol. The van der Waals surface area contributed by atoms with E-state index in [0.717, 1.165) is 6.07 Å². The van der Waals surface area contributed by atoms with Gasteiger partial charge in [0.1, 0.15) is 10.8 Å². The lowest BCUT2D eigenvalue weighted by Crippen LogP contribution is -2.11. The Bertz CT molecular complexity index is 570. The molecule has 0 aliphatic heterocycles. The van der Waals surface area contributed by atoms with Crippen LogP contribution in [0.2, 0.25) is 0 Å². The van der Waals surface area contributed by atoms with E-state index in [-0.39, 0.29) is 11.6 Å². The fourth-order valence-corrected chi connectivity index (χ4v) is 1.96. The quantitative estimate of drug-likeness (QED) is 0.889. The first-order valence-corrected chi connectivity index (χ1v) is 6.04. The van der Waals surface area contributed by atoms with E-state index in [1.165, 1.54) is 29.5 Å². The molecule has 18 heavy (non-hydrogen) atoms. The highest BCUT2D eigenvalue weighted by molar-refractivity contribution is 7.15. The van der Waals surface area contributed by atoms with Crippen LogP contribution in [0.25, 0.3) is 0 Å². The number of hydrogen-bond acceptors (Lipinski definition) is 5. The second kappa shape index (κ2) is 5.19. The molecule has 0 aliphatic carbocycles. The van der Waals surface area contributed by atoms with Gasteiger partial charge in [-0.1, -0.05) is 17.4 Å². The third kappa shape index (κ3) is 2.88. The topological polar surface area (TPSA) is 80.9 Å². The molecule has 2 aromatic rings. The third-order valence-electron chi connectivity index (χ3n) is 2.14. The van der Waals surface area contributed by atoms with Crippen molar-refractivity contribution in [3.63, 3.8) is 0 Å². The Morgan fingerprint density at radius 1 is 1.50 bits per heavy atom. The van der Waals surface area contributed by atoms with Crippen molar-refractivity contribution in [3.8, 4) is 0 Å². The normalized spacial score (nSPS) is 12.2.